The van der Waals surface area contributed by atoms with Gasteiger partial charge in [-0.15, -0.1) is 5.01 Å². The highest BCUT2D eigenvalue weighted by Crippen LogP contribution is 2.18. The molecule has 1 saturated heterocycles. The molecule has 0 amide bonds. The molecule has 0 spiro atoms. The predicted molar refractivity (Wildman–Crippen MR) is 41.2 cm³/mol. The molecule has 1 aliphatic rings. The lowest BCUT2D eigenvalue weighted by Gasteiger charge is -2.24. The lowest BCUT2D eigenvalue weighted by molar-refractivity contribution is 0.204. The van der Waals surface area contributed by atoms with Crippen LogP contribution in [0.15, 0.2) is 0 Å². The van der Waals surface area contributed by atoms with Crippen molar-refractivity contribution in [3.8, 4) is 0 Å². The molecule has 0 aromatic carbocycles. The van der Waals surface area contributed by atoms with Crippen LogP contribution < -0.4 is 0 Å². The normalized spacial score (nSPS) is 26.0. The predicted octanol–water partition coefficient (Wildman–Crippen LogP) is 2.09. The van der Waals surface area contributed by atoms with E-state index in [1.807, 2.05) is 5.01 Å². The fraction of sp³-hybridized carbons (Fsp3) is 0.875. The lowest BCUT2D eigenvalue weighted by Crippen LogP contribution is -2.33. The van der Waals surface area contributed by atoms with Gasteiger partial charge in [0, 0.05) is 0 Å². The molecule has 2 nitrogen and oxygen atoms in total. The van der Waals surface area contributed by atoms with E-state index in [2.05, 4.69) is 11.9 Å². The molecule has 0 bridgehead atoms. The third-order valence-corrected chi connectivity index (χ3v) is 2.20. The fourth-order valence-corrected chi connectivity index (χ4v) is 1.53. The minimum Gasteiger partial charge on any atom is -0.184 e. The van der Waals surface area contributed by atoms with Gasteiger partial charge in [-0.05, 0) is 25.7 Å². The first-order valence-corrected chi connectivity index (χ1v) is 4.02. The Balaban J connectivity index is 2.44. The summed E-state index contributed by atoms with van der Waals surface area (Å²) in [7, 11) is 0. The van der Waals surface area contributed by atoms with Gasteiger partial charge in [-0.2, -0.15) is 11.5 Å². The molecule has 1 fully saturated rings. The average Bonchev–Trinajstić information content (AvgIpc) is 2.04. The first-order chi connectivity index (χ1) is 4.88. The summed E-state index contributed by atoms with van der Waals surface area (Å²) in [6, 6.07) is 0.547. The van der Waals surface area contributed by atoms with E-state index in [1.165, 1.54) is 19.3 Å². The van der Waals surface area contributed by atoms with Crippen LogP contribution in [0.1, 0.15) is 32.6 Å². The van der Waals surface area contributed by atoms with Crippen molar-refractivity contribution in [1.82, 2.24) is 5.01 Å². The monoisotopic (exact) mass is 138 g/mol. The smallest absolute Gasteiger partial charge is 0.0965 e. The number of piperidine rings is 1. The minimum atomic E-state index is 0.547. The summed E-state index contributed by atoms with van der Waals surface area (Å²) in [5.74, 6) is 0. The second-order valence-electron chi connectivity index (χ2n) is 2.82. The van der Waals surface area contributed by atoms with Gasteiger partial charge in [0.05, 0.1) is 12.6 Å². The van der Waals surface area contributed by atoms with E-state index in [4.69, 9.17) is 6.57 Å². The number of hydrogen-bond acceptors (Lipinski definition) is 1. The summed E-state index contributed by atoms with van der Waals surface area (Å²) in [5.41, 5.74) is 0. The Labute approximate surface area is 62.6 Å². The lowest BCUT2D eigenvalue weighted by atomic mass is 10.0. The molecule has 1 rings (SSSR count). The zero-order valence-electron chi connectivity index (χ0n) is 6.51. The molecule has 1 heterocycles. The van der Waals surface area contributed by atoms with Crippen molar-refractivity contribution in [2.75, 3.05) is 6.54 Å². The summed E-state index contributed by atoms with van der Waals surface area (Å²) in [6.07, 6.45) is 4.87. The van der Waals surface area contributed by atoms with Crippen LogP contribution >= 0.6 is 0 Å². The van der Waals surface area contributed by atoms with Gasteiger partial charge in [-0.1, -0.05) is 6.92 Å². The molecule has 56 valence electrons. The van der Waals surface area contributed by atoms with Crippen molar-refractivity contribution in [2.24, 2.45) is 0 Å². The van der Waals surface area contributed by atoms with Crippen LogP contribution in [0.2, 0.25) is 0 Å². The SMILES string of the molecule is [C-]#[N+]N1CCCCC1CC. The zero-order valence-corrected chi connectivity index (χ0v) is 6.51. The molecule has 1 aliphatic heterocycles. The van der Waals surface area contributed by atoms with Crippen molar-refractivity contribution in [1.29, 1.82) is 0 Å². The van der Waals surface area contributed by atoms with Crippen LogP contribution in [0.3, 0.4) is 0 Å². The number of hydrogen-bond donors (Lipinski definition) is 0. The maximum absolute atomic E-state index is 6.88. The maximum atomic E-state index is 6.88. The van der Waals surface area contributed by atoms with E-state index in [0.29, 0.717) is 6.04 Å². The van der Waals surface area contributed by atoms with Crippen LogP contribution in [-0.2, 0) is 0 Å². The van der Waals surface area contributed by atoms with E-state index >= 15 is 0 Å². The van der Waals surface area contributed by atoms with E-state index in [-0.39, 0.29) is 0 Å². The highest BCUT2D eigenvalue weighted by Gasteiger charge is 2.22. The quantitative estimate of drug-likeness (QED) is 0.503. The van der Waals surface area contributed by atoms with Gasteiger partial charge in [0.2, 0.25) is 0 Å². The van der Waals surface area contributed by atoms with Crippen LogP contribution in [0.4, 0.5) is 0 Å². The van der Waals surface area contributed by atoms with Gasteiger partial charge in [0.25, 0.3) is 0 Å². The van der Waals surface area contributed by atoms with Gasteiger partial charge in [-0.25, -0.2) is 0 Å². The Bertz CT molecular complexity index is 137. The Morgan fingerprint density at radius 1 is 1.60 bits per heavy atom. The van der Waals surface area contributed by atoms with Gasteiger partial charge < -0.3 is 0 Å². The number of nitrogens with zero attached hydrogens (tertiary/aromatic N) is 2. The van der Waals surface area contributed by atoms with E-state index in [0.717, 1.165) is 13.0 Å². The van der Waals surface area contributed by atoms with Gasteiger partial charge >= 0.3 is 0 Å². The molecule has 2 heteroatoms. The van der Waals surface area contributed by atoms with Crippen molar-refractivity contribution in [2.45, 2.75) is 38.6 Å². The highest BCUT2D eigenvalue weighted by molar-refractivity contribution is 4.77. The Hall–Kier alpha value is -0.710. The molecule has 0 aromatic rings. The topological polar surface area (TPSA) is 7.60 Å². The Morgan fingerprint density at radius 3 is 2.90 bits per heavy atom. The molecule has 1 atom stereocenters. The summed E-state index contributed by atoms with van der Waals surface area (Å²) in [5, 5.41) is 1.91. The summed E-state index contributed by atoms with van der Waals surface area (Å²) < 4.78 is 0. The van der Waals surface area contributed by atoms with E-state index in [9.17, 15) is 0 Å². The molecule has 0 N–H and O–H groups in total. The van der Waals surface area contributed by atoms with Gasteiger partial charge in [-0.3, -0.25) is 0 Å². The summed E-state index contributed by atoms with van der Waals surface area (Å²) in [6.45, 7) is 10.0. The molecule has 1 unspecified atom stereocenters. The zero-order chi connectivity index (χ0) is 7.40. The van der Waals surface area contributed by atoms with Crippen molar-refractivity contribution in [3.05, 3.63) is 11.5 Å². The number of rotatable bonds is 1. The molecular weight excluding hydrogens is 124 g/mol. The first-order valence-electron chi connectivity index (χ1n) is 4.02. The van der Waals surface area contributed by atoms with E-state index < -0.39 is 0 Å². The second kappa shape index (κ2) is 3.46. The van der Waals surface area contributed by atoms with Gasteiger partial charge in [0.1, 0.15) is 0 Å². The van der Waals surface area contributed by atoms with Gasteiger partial charge in [0.15, 0.2) is 0 Å². The highest BCUT2D eigenvalue weighted by atomic mass is 15.4. The molecule has 0 saturated carbocycles. The summed E-state index contributed by atoms with van der Waals surface area (Å²) in [4.78, 5) is 3.48. The molecule has 0 radical (unpaired) electrons. The molecule has 10 heavy (non-hydrogen) atoms. The third kappa shape index (κ3) is 1.41. The van der Waals surface area contributed by atoms with Crippen molar-refractivity contribution >= 4 is 0 Å². The maximum Gasteiger partial charge on any atom is 0.0965 e. The molecular formula is C8H14N2. The van der Waals surface area contributed by atoms with Crippen LogP contribution in [0.5, 0.6) is 0 Å². The minimum absolute atomic E-state index is 0.547. The van der Waals surface area contributed by atoms with Crippen molar-refractivity contribution < 1.29 is 0 Å². The third-order valence-electron chi connectivity index (χ3n) is 2.20. The molecule has 0 aliphatic carbocycles. The second-order valence-corrected chi connectivity index (χ2v) is 2.82. The van der Waals surface area contributed by atoms with Crippen LogP contribution in [0, 0.1) is 6.57 Å². The molecule has 0 aromatic heterocycles. The van der Waals surface area contributed by atoms with Crippen LogP contribution in [0.25, 0.3) is 4.95 Å². The first kappa shape index (κ1) is 7.40. The largest absolute Gasteiger partial charge is 0.184 e. The fourth-order valence-electron chi connectivity index (χ4n) is 1.53. The average molecular weight is 138 g/mol. The van der Waals surface area contributed by atoms with Crippen molar-refractivity contribution in [3.63, 3.8) is 0 Å². The summed E-state index contributed by atoms with van der Waals surface area (Å²) >= 11 is 0. The standard InChI is InChI=1S/C8H14N2/c1-3-8-6-4-5-7-10(8)9-2/h8H,3-7H2,1H3. The van der Waals surface area contributed by atoms with Crippen LogP contribution in [-0.4, -0.2) is 17.6 Å². The Kier molecular flexibility index (Phi) is 2.56. The van der Waals surface area contributed by atoms with E-state index in [1.54, 1.807) is 0 Å². The Morgan fingerprint density at radius 2 is 2.40 bits per heavy atom.